The summed E-state index contributed by atoms with van der Waals surface area (Å²) in [5, 5.41) is 14.8. The number of aryl methyl sites for hydroxylation is 2. The highest BCUT2D eigenvalue weighted by molar-refractivity contribution is 7.51. The van der Waals surface area contributed by atoms with Gasteiger partial charge in [0.15, 0.2) is 0 Å². The Bertz CT molecular complexity index is 1110. The number of amides is 1. The minimum Gasteiger partial charge on any atom is -0.395 e. The zero-order valence-electron chi connectivity index (χ0n) is 17.8. The third kappa shape index (κ3) is 3.91. The monoisotopic (exact) mass is 438 g/mol. The van der Waals surface area contributed by atoms with Crippen molar-refractivity contribution in [3.63, 3.8) is 0 Å². The molecule has 8 nitrogen and oxygen atoms in total. The first kappa shape index (κ1) is 20.4. The molecular weight excluding hydrogens is 411 g/mol. The zero-order chi connectivity index (χ0) is 21.5. The van der Waals surface area contributed by atoms with Crippen LogP contribution in [0.2, 0.25) is 0 Å². The van der Waals surface area contributed by atoms with Crippen LogP contribution in [0.1, 0.15) is 17.1 Å². The lowest BCUT2D eigenvalue weighted by Gasteiger charge is -2.39. The Hall–Kier alpha value is -2.54. The van der Waals surface area contributed by atoms with Crippen LogP contribution in [0.4, 0.5) is 0 Å². The van der Waals surface area contributed by atoms with Gasteiger partial charge in [0.05, 0.1) is 46.9 Å². The van der Waals surface area contributed by atoms with Gasteiger partial charge in [-0.1, -0.05) is 14.7 Å². The van der Waals surface area contributed by atoms with Crippen molar-refractivity contribution < 1.29 is 9.90 Å². The van der Waals surface area contributed by atoms with E-state index in [2.05, 4.69) is 26.9 Å². The maximum absolute atomic E-state index is 13.0. The molecule has 2 aromatic heterocycles. The van der Waals surface area contributed by atoms with Gasteiger partial charge in [-0.05, 0) is 26.0 Å². The number of rotatable bonds is 4. The Labute approximate surface area is 183 Å². The van der Waals surface area contributed by atoms with Crippen LogP contribution in [-0.4, -0.2) is 85.4 Å². The summed E-state index contributed by atoms with van der Waals surface area (Å²) in [5.74, 6) is 0.0419. The SMILES string of the molecule is Cc1cn2nc(C3=CC(=O)N4C=C(N5CCN(CCO)CC5)C=CC4P3)cc2c(C)n1. The van der Waals surface area contributed by atoms with Crippen LogP contribution in [0.3, 0.4) is 0 Å². The van der Waals surface area contributed by atoms with E-state index in [4.69, 9.17) is 10.2 Å². The first-order valence-electron chi connectivity index (χ1n) is 10.6. The number of hydrogen-bond donors (Lipinski definition) is 1. The topological polar surface area (TPSA) is 77.2 Å². The molecule has 1 saturated heterocycles. The highest BCUT2D eigenvalue weighted by Crippen LogP contribution is 2.44. The van der Waals surface area contributed by atoms with Crippen LogP contribution in [0.15, 0.2) is 42.4 Å². The van der Waals surface area contributed by atoms with Gasteiger partial charge in [0.25, 0.3) is 5.91 Å². The smallest absolute Gasteiger partial charge is 0.252 e. The van der Waals surface area contributed by atoms with Crippen molar-refractivity contribution in [1.29, 1.82) is 0 Å². The number of carbonyl (C=O) groups excluding carboxylic acids is 1. The van der Waals surface area contributed by atoms with E-state index in [1.165, 1.54) is 0 Å². The third-order valence-corrected chi connectivity index (χ3v) is 7.51. The summed E-state index contributed by atoms with van der Waals surface area (Å²) in [5.41, 5.74) is 4.77. The van der Waals surface area contributed by atoms with Crippen molar-refractivity contribution in [3.8, 4) is 0 Å². The standard InChI is InChI=1S/C22H27N6O2P/c1-15-13-28-19(16(2)23-15)11-18(24-28)20-12-21(30)27-14-17(3-4-22(27)31-20)26-7-5-25(6-8-26)9-10-29/h3-4,11-14,22,29,31H,5-10H2,1-2H3. The summed E-state index contributed by atoms with van der Waals surface area (Å²) in [6.07, 6.45) is 9.94. The molecule has 5 heterocycles. The van der Waals surface area contributed by atoms with Gasteiger partial charge < -0.3 is 14.9 Å². The average molecular weight is 438 g/mol. The molecule has 1 fully saturated rings. The van der Waals surface area contributed by atoms with Gasteiger partial charge in [0, 0.05) is 50.3 Å². The van der Waals surface area contributed by atoms with Crippen molar-refractivity contribution >= 4 is 25.3 Å². The molecule has 2 unspecified atom stereocenters. The largest absolute Gasteiger partial charge is 0.395 e. The third-order valence-electron chi connectivity index (χ3n) is 6.04. The van der Waals surface area contributed by atoms with E-state index in [0.717, 1.165) is 66.3 Å². The molecule has 3 aliphatic heterocycles. The lowest BCUT2D eigenvalue weighted by Crippen LogP contribution is -2.47. The first-order chi connectivity index (χ1) is 15.0. The number of β-amino-alcohol motifs (C(OH)–C–C–N with tert-alkyl or cyclic N) is 1. The fraction of sp³-hybridized carbons (Fsp3) is 0.409. The number of fused-ring (bicyclic) bond motifs is 2. The molecule has 0 bridgehead atoms. The lowest BCUT2D eigenvalue weighted by atomic mass is 10.2. The fourth-order valence-electron chi connectivity index (χ4n) is 4.39. The summed E-state index contributed by atoms with van der Waals surface area (Å²) in [6, 6.07) is 2.03. The quantitative estimate of drug-likeness (QED) is 0.730. The maximum Gasteiger partial charge on any atom is 0.252 e. The van der Waals surface area contributed by atoms with E-state index in [9.17, 15) is 4.79 Å². The highest BCUT2D eigenvalue weighted by Gasteiger charge is 2.31. The Kier molecular flexibility index (Phi) is 5.38. The molecule has 1 amide bonds. The summed E-state index contributed by atoms with van der Waals surface area (Å²) < 4.78 is 1.86. The van der Waals surface area contributed by atoms with E-state index < -0.39 is 0 Å². The Balaban J connectivity index is 1.35. The minimum absolute atomic E-state index is 0.00241. The minimum atomic E-state index is 0.00241. The number of allylic oxidation sites excluding steroid dienone is 1. The van der Waals surface area contributed by atoms with Gasteiger partial charge in [-0.15, -0.1) is 0 Å². The molecule has 9 heteroatoms. The predicted molar refractivity (Wildman–Crippen MR) is 122 cm³/mol. The summed E-state index contributed by atoms with van der Waals surface area (Å²) in [7, 11) is 0.443. The molecule has 2 aromatic rings. The number of hydrogen-bond acceptors (Lipinski definition) is 6. The number of aromatic nitrogens is 3. The van der Waals surface area contributed by atoms with Crippen molar-refractivity contribution in [1.82, 2.24) is 29.3 Å². The molecule has 0 saturated carbocycles. The first-order valence-corrected chi connectivity index (χ1v) is 11.7. The molecule has 3 aliphatic rings. The zero-order valence-corrected chi connectivity index (χ0v) is 18.8. The van der Waals surface area contributed by atoms with Crippen LogP contribution in [-0.2, 0) is 4.79 Å². The molecule has 0 spiro atoms. The molecular formula is C22H27N6O2P. The van der Waals surface area contributed by atoms with Gasteiger partial charge in [-0.2, -0.15) is 5.10 Å². The highest BCUT2D eigenvalue weighted by atomic mass is 31.1. The molecule has 5 rings (SSSR count). The average Bonchev–Trinajstić information content (AvgIpc) is 3.19. The molecule has 0 aliphatic carbocycles. The Morgan fingerprint density at radius 2 is 2.03 bits per heavy atom. The lowest BCUT2D eigenvalue weighted by molar-refractivity contribution is -0.123. The fourth-order valence-corrected chi connectivity index (χ4v) is 5.72. The number of aliphatic hydroxyl groups excluding tert-OH is 1. The summed E-state index contributed by atoms with van der Waals surface area (Å²) >= 11 is 0. The van der Waals surface area contributed by atoms with E-state index in [1.54, 1.807) is 6.08 Å². The van der Waals surface area contributed by atoms with Gasteiger partial charge in [0.2, 0.25) is 0 Å². The molecule has 0 aromatic carbocycles. The van der Waals surface area contributed by atoms with Crippen molar-refractivity contribution in [2.45, 2.75) is 19.6 Å². The van der Waals surface area contributed by atoms with Gasteiger partial charge in [-0.3, -0.25) is 14.7 Å². The molecule has 2 atom stereocenters. The maximum atomic E-state index is 13.0. The van der Waals surface area contributed by atoms with Crippen LogP contribution in [0.25, 0.3) is 10.8 Å². The van der Waals surface area contributed by atoms with Crippen LogP contribution < -0.4 is 0 Å². The van der Waals surface area contributed by atoms with E-state index >= 15 is 0 Å². The number of aliphatic hydroxyl groups is 1. The normalized spacial score (nSPS) is 22.8. The number of carbonyl (C=O) groups is 1. The second-order valence-corrected chi connectivity index (χ2v) is 9.60. The van der Waals surface area contributed by atoms with Gasteiger partial charge in [-0.25, -0.2) is 4.52 Å². The number of piperazine rings is 1. The van der Waals surface area contributed by atoms with E-state index in [0.29, 0.717) is 8.58 Å². The van der Waals surface area contributed by atoms with Crippen LogP contribution >= 0.6 is 8.58 Å². The Morgan fingerprint density at radius 3 is 2.81 bits per heavy atom. The number of nitrogens with zero attached hydrogens (tertiary/aromatic N) is 6. The van der Waals surface area contributed by atoms with Gasteiger partial charge >= 0.3 is 0 Å². The predicted octanol–water partition coefficient (Wildman–Crippen LogP) is 1.55. The second-order valence-electron chi connectivity index (χ2n) is 8.19. The van der Waals surface area contributed by atoms with Crippen LogP contribution in [0, 0.1) is 13.8 Å². The van der Waals surface area contributed by atoms with Gasteiger partial charge in [0.1, 0.15) is 0 Å². The molecule has 0 radical (unpaired) electrons. The van der Waals surface area contributed by atoms with Crippen molar-refractivity contribution in [2.75, 3.05) is 39.3 Å². The molecule has 162 valence electrons. The summed E-state index contributed by atoms with van der Waals surface area (Å²) in [6.45, 7) is 8.53. The summed E-state index contributed by atoms with van der Waals surface area (Å²) in [4.78, 5) is 23.9. The van der Waals surface area contributed by atoms with Crippen molar-refractivity contribution in [3.05, 3.63) is 59.5 Å². The molecule has 31 heavy (non-hydrogen) atoms. The second kappa shape index (κ2) is 8.19. The van der Waals surface area contributed by atoms with Crippen LogP contribution in [0.5, 0.6) is 0 Å². The van der Waals surface area contributed by atoms with Crippen molar-refractivity contribution in [2.24, 2.45) is 0 Å². The van der Waals surface area contributed by atoms with E-state index in [-0.39, 0.29) is 18.3 Å². The molecule has 1 N–H and O–H groups in total. The Morgan fingerprint density at radius 1 is 1.23 bits per heavy atom. The van der Waals surface area contributed by atoms with E-state index in [1.807, 2.05) is 41.7 Å².